The summed E-state index contributed by atoms with van der Waals surface area (Å²) in [4.78, 5) is 28.4. The Kier molecular flexibility index (Phi) is 4.90. The molecule has 1 N–H and O–H groups in total. The maximum absolute atomic E-state index is 12.5. The van der Waals surface area contributed by atoms with Crippen molar-refractivity contribution in [3.63, 3.8) is 0 Å². The lowest BCUT2D eigenvalue weighted by atomic mass is 10.0. The molecule has 7 nitrogen and oxygen atoms in total. The van der Waals surface area contributed by atoms with Crippen molar-refractivity contribution in [2.75, 3.05) is 0 Å². The minimum Gasteiger partial charge on any atom is -0.426 e. The SMILES string of the molecule is Cc1nc2cc(=O)[nH]n2c(C)c1CC(=O)Oc1ccc(-c2ccc(C#N)cc2)cc1. The maximum Gasteiger partial charge on any atom is 0.315 e. The molecule has 2 aromatic heterocycles. The van der Waals surface area contributed by atoms with Crippen LogP contribution in [-0.4, -0.2) is 20.6 Å². The van der Waals surface area contributed by atoms with E-state index in [1.807, 2.05) is 31.2 Å². The Balaban J connectivity index is 1.50. The molecule has 2 heterocycles. The van der Waals surface area contributed by atoms with E-state index in [0.29, 0.717) is 28.2 Å². The number of hydrogen-bond donors (Lipinski definition) is 1. The summed E-state index contributed by atoms with van der Waals surface area (Å²) in [7, 11) is 0. The fourth-order valence-corrected chi connectivity index (χ4v) is 3.38. The van der Waals surface area contributed by atoms with Crippen LogP contribution in [0.1, 0.15) is 22.5 Å². The van der Waals surface area contributed by atoms with Crippen LogP contribution in [0.4, 0.5) is 0 Å². The number of nitrogens with zero attached hydrogens (tertiary/aromatic N) is 3. The summed E-state index contributed by atoms with van der Waals surface area (Å²) in [5.41, 5.74) is 4.94. The van der Waals surface area contributed by atoms with Gasteiger partial charge in [0.1, 0.15) is 5.75 Å². The van der Waals surface area contributed by atoms with Crippen molar-refractivity contribution >= 4 is 11.6 Å². The molecule has 0 saturated carbocycles. The molecule has 0 saturated heterocycles. The first-order valence-electron chi connectivity index (χ1n) is 9.34. The van der Waals surface area contributed by atoms with Gasteiger partial charge in [-0.25, -0.2) is 9.50 Å². The van der Waals surface area contributed by atoms with E-state index in [0.717, 1.165) is 16.8 Å². The van der Waals surface area contributed by atoms with Crippen LogP contribution >= 0.6 is 0 Å². The van der Waals surface area contributed by atoms with Crippen LogP contribution in [0.15, 0.2) is 59.4 Å². The zero-order valence-corrected chi connectivity index (χ0v) is 16.5. The second kappa shape index (κ2) is 7.68. The predicted molar refractivity (Wildman–Crippen MR) is 111 cm³/mol. The largest absolute Gasteiger partial charge is 0.426 e. The van der Waals surface area contributed by atoms with Gasteiger partial charge < -0.3 is 4.74 Å². The summed E-state index contributed by atoms with van der Waals surface area (Å²) in [5, 5.41) is 11.6. The normalized spacial score (nSPS) is 10.7. The van der Waals surface area contributed by atoms with Crippen molar-refractivity contribution in [1.82, 2.24) is 14.6 Å². The molecule has 4 rings (SSSR count). The minimum absolute atomic E-state index is 0.0399. The monoisotopic (exact) mass is 398 g/mol. The van der Waals surface area contributed by atoms with Crippen LogP contribution in [0.25, 0.3) is 16.8 Å². The van der Waals surface area contributed by atoms with Crippen LogP contribution in [0, 0.1) is 25.2 Å². The highest BCUT2D eigenvalue weighted by molar-refractivity contribution is 5.76. The van der Waals surface area contributed by atoms with Crippen LogP contribution in [-0.2, 0) is 11.2 Å². The molecule has 0 spiro atoms. The second-order valence-corrected chi connectivity index (χ2v) is 6.94. The van der Waals surface area contributed by atoms with Gasteiger partial charge in [-0.1, -0.05) is 24.3 Å². The Hall–Kier alpha value is -4.18. The molecular weight excluding hydrogens is 380 g/mol. The molecule has 0 bridgehead atoms. The Morgan fingerprint density at radius 2 is 1.73 bits per heavy atom. The molecule has 0 aliphatic rings. The third-order valence-corrected chi connectivity index (χ3v) is 4.96. The van der Waals surface area contributed by atoms with Gasteiger partial charge in [-0.05, 0) is 49.2 Å². The van der Waals surface area contributed by atoms with E-state index in [4.69, 9.17) is 10.00 Å². The topological polar surface area (TPSA) is 100 Å². The van der Waals surface area contributed by atoms with Crippen molar-refractivity contribution in [3.8, 4) is 22.9 Å². The van der Waals surface area contributed by atoms with Gasteiger partial charge in [0.25, 0.3) is 5.56 Å². The van der Waals surface area contributed by atoms with E-state index in [9.17, 15) is 9.59 Å². The number of esters is 1. The van der Waals surface area contributed by atoms with Crippen molar-refractivity contribution in [3.05, 3.63) is 87.5 Å². The Morgan fingerprint density at radius 3 is 2.37 bits per heavy atom. The van der Waals surface area contributed by atoms with Crippen molar-refractivity contribution in [2.45, 2.75) is 20.3 Å². The van der Waals surface area contributed by atoms with Crippen molar-refractivity contribution < 1.29 is 9.53 Å². The summed E-state index contributed by atoms with van der Waals surface area (Å²) < 4.78 is 7.06. The Morgan fingerprint density at radius 1 is 1.10 bits per heavy atom. The number of fused-ring (bicyclic) bond motifs is 1. The highest BCUT2D eigenvalue weighted by atomic mass is 16.5. The lowest BCUT2D eigenvalue weighted by molar-refractivity contribution is -0.133. The van der Waals surface area contributed by atoms with E-state index >= 15 is 0 Å². The Labute approximate surface area is 172 Å². The number of aromatic nitrogens is 3. The number of nitrogens with one attached hydrogen (secondary N) is 1. The quantitative estimate of drug-likeness (QED) is 0.420. The molecule has 148 valence electrons. The number of aryl methyl sites for hydroxylation is 2. The maximum atomic E-state index is 12.5. The van der Waals surface area contributed by atoms with Gasteiger partial charge in [0.15, 0.2) is 5.65 Å². The van der Waals surface area contributed by atoms with Crippen molar-refractivity contribution in [1.29, 1.82) is 5.26 Å². The number of carbonyl (C=O) groups excluding carboxylic acids is 1. The first-order chi connectivity index (χ1) is 14.4. The standard InChI is InChI=1S/C23H18N4O3/c1-14-20(15(2)27-21(25-14)12-22(28)26-27)11-23(29)30-19-9-7-18(8-10-19)17-5-3-16(13-24)4-6-17/h3-10,12H,11H2,1-2H3,(H,26,28). The predicted octanol–water partition coefficient (Wildman–Crippen LogP) is 3.33. The molecule has 0 aliphatic carbocycles. The van der Waals surface area contributed by atoms with Gasteiger partial charge in [-0.3, -0.25) is 14.7 Å². The zero-order valence-electron chi connectivity index (χ0n) is 16.5. The summed E-state index contributed by atoms with van der Waals surface area (Å²) in [6.45, 7) is 3.63. The second-order valence-electron chi connectivity index (χ2n) is 6.94. The summed E-state index contributed by atoms with van der Waals surface area (Å²) >= 11 is 0. The third-order valence-electron chi connectivity index (χ3n) is 4.96. The number of carbonyl (C=O) groups is 1. The van der Waals surface area contributed by atoms with E-state index in [1.54, 1.807) is 35.7 Å². The van der Waals surface area contributed by atoms with E-state index in [1.165, 1.54) is 6.07 Å². The number of benzene rings is 2. The first kappa shape index (κ1) is 19.2. The average Bonchev–Trinajstić information content (AvgIpc) is 3.12. The summed E-state index contributed by atoms with van der Waals surface area (Å²) in [6.07, 6.45) is 0.0399. The van der Waals surface area contributed by atoms with Crippen LogP contribution in [0.2, 0.25) is 0 Å². The molecule has 0 unspecified atom stereocenters. The molecule has 0 radical (unpaired) electrons. The molecule has 0 aliphatic heterocycles. The van der Waals surface area contributed by atoms with Gasteiger partial charge >= 0.3 is 5.97 Å². The average molecular weight is 398 g/mol. The van der Waals surface area contributed by atoms with Gasteiger partial charge in [0.2, 0.25) is 0 Å². The summed E-state index contributed by atoms with van der Waals surface area (Å²) in [5.74, 6) is 0.0269. The minimum atomic E-state index is -0.414. The molecule has 0 atom stereocenters. The van der Waals surface area contributed by atoms with E-state index < -0.39 is 5.97 Å². The summed E-state index contributed by atoms with van der Waals surface area (Å²) in [6, 6.07) is 18.0. The molecular formula is C23H18N4O3. The molecule has 4 aromatic rings. The number of H-pyrrole nitrogens is 1. The molecule has 0 amide bonds. The van der Waals surface area contributed by atoms with Gasteiger partial charge in [0.05, 0.1) is 18.1 Å². The van der Waals surface area contributed by atoms with E-state index in [-0.39, 0.29) is 12.0 Å². The molecule has 0 fully saturated rings. The highest BCUT2D eigenvalue weighted by Gasteiger charge is 2.15. The molecule has 7 heteroatoms. The fourth-order valence-electron chi connectivity index (χ4n) is 3.38. The molecule has 30 heavy (non-hydrogen) atoms. The van der Waals surface area contributed by atoms with Gasteiger partial charge in [0, 0.05) is 23.0 Å². The van der Waals surface area contributed by atoms with Gasteiger partial charge in [-0.15, -0.1) is 0 Å². The third kappa shape index (κ3) is 3.71. The zero-order chi connectivity index (χ0) is 21.3. The number of rotatable bonds is 4. The van der Waals surface area contributed by atoms with E-state index in [2.05, 4.69) is 16.2 Å². The fraction of sp³-hybridized carbons (Fsp3) is 0.130. The van der Waals surface area contributed by atoms with Crippen molar-refractivity contribution in [2.24, 2.45) is 0 Å². The first-order valence-corrected chi connectivity index (χ1v) is 9.34. The lowest BCUT2D eigenvalue weighted by Gasteiger charge is -2.11. The molecule has 2 aromatic carbocycles. The number of ether oxygens (including phenoxy) is 1. The van der Waals surface area contributed by atoms with Crippen LogP contribution < -0.4 is 10.3 Å². The smallest absolute Gasteiger partial charge is 0.315 e. The van der Waals surface area contributed by atoms with Crippen LogP contribution in [0.3, 0.4) is 0 Å². The van der Waals surface area contributed by atoms with Gasteiger partial charge in [-0.2, -0.15) is 5.26 Å². The lowest BCUT2D eigenvalue weighted by Crippen LogP contribution is -2.15. The number of nitriles is 1. The number of aromatic amines is 1. The Bertz CT molecular complexity index is 1340. The van der Waals surface area contributed by atoms with Crippen LogP contribution in [0.5, 0.6) is 5.75 Å². The number of hydrogen-bond acceptors (Lipinski definition) is 5. The highest BCUT2D eigenvalue weighted by Crippen LogP contribution is 2.23.